The predicted molar refractivity (Wildman–Crippen MR) is 92.4 cm³/mol. The van der Waals surface area contributed by atoms with Crippen molar-refractivity contribution in [3.63, 3.8) is 0 Å². The van der Waals surface area contributed by atoms with Gasteiger partial charge in [-0.2, -0.15) is 0 Å². The summed E-state index contributed by atoms with van der Waals surface area (Å²) in [5.74, 6) is 0.0979. The van der Waals surface area contributed by atoms with Crippen molar-refractivity contribution in [3.8, 4) is 0 Å². The highest BCUT2D eigenvalue weighted by Gasteiger charge is 2.41. The molecule has 110 valence electrons. The molecule has 19 heavy (non-hydrogen) atoms. The average molecular weight is 338 g/mol. The first-order chi connectivity index (χ1) is 8.54. The van der Waals surface area contributed by atoms with Crippen LogP contribution in [0.25, 0.3) is 0 Å². The van der Waals surface area contributed by atoms with Gasteiger partial charge in [-0.25, -0.2) is 0 Å². The van der Waals surface area contributed by atoms with Gasteiger partial charge >= 0.3 is 0 Å². The number of hydrogen-bond acceptors (Lipinski definition) is 4. The first kappa shape index (κ1) is 17.5. The van der Waals surface area contributed by atoms with Crippen molar-refractivity contribution < 1.29 is 9.22 Å². The van der Waals surface area contributed by atoms with E-state index >= 15 is 0 Å². The molecule has 0 aromatic heterocycles. The summed E-state index contributed by atoms with van der Waals surface area (Å²) in [7, 11) is -1.72. The van der Waals surface area contributed by atoms with E-state index in [-0.39, 0.29) is 22.2 Å². The standard InChI is InChI=1S/C12H23NO2S3Si/c1-12(2,3)19(4,5)15-7-6-8-9(14)13-10(8)18-11(16)17/h8,10H,6-7H2,1-5H3,(H,13,14)(H,16,17)/t8-,10+/m0/s1. The zero-order valence-corrected chi connectivity index (χ0v) is 15.7. The Morgan fingerprint density at radius 3 is 2.53 bits per heavy atom. The normalized spacial score (nSPS) is 23.8. The Labute approximate surface area is 132 Å². The zero-order chi connectivity index (χ0) is 14.8. The summed E-state index contributed by atoms with van der Waals surface area (Å²) in [6, 6.07) is 0. The molecule has 1 saturated heterocycles. The summed E-state index contributed by atoms with van der Waals surface area (Å²) in [5.41, 5.74) is 0. The second-order valence-electron chi connectivity index (χ2n) is 6.32. The third-order valence-electron chi connectivity index (χ3n) is 3.91. The minimum atomic E-state index is -1.72. The van der Waals surface area contributed by atoms with Crippen molar-refractivity contribution in [2.45, 2.75) is 50.7 Å². The van der Waals surface area contributed by atoms with Crippen molar-refractivity contribution in [1.82, 2.24) is 5.32 Å². The van der Waals surface area contributed by atoms with Gasteiger partial charge in [0.05, 0.1) is 11.3 Å². The molecule has 3 nitrogen and oxygen atoms in total. The number of thiocarbonyl (C=S) groups is 1. The van der Waals surface area contributed by atoms with Crippen LogP contribution < -0.4 is 5.32 Å². The molecular weight excluding hydrogens is 314 g/mol. The number of β-lactam (4-membered cyclic amide) rings is 1. The van der Waals surface area contributed by atoms with E-state index in [1.807, 2.05) is 0 Å². The quantitative estimate of drug-likeness (QED) is 0.349. The molecule has 1 amide bonds. The number of nitrogens with one attached hydrogen (secondary N) is 1. The fourth-order valence-electron chi connectivity index (χ4n) is 1.55. The summed E-state index contributed by atoms with van der Waals surface area (Å²) >= 11 is 10.5. The zero-order valence-electron chi connectivity index (χ0n) is 12.1. The van der Waals surface area contributed by atoms with Gasteiger partial charge in [0.25, 0.3) is 0 Å². The molecule has 0 radical (unpaired) electrons. The maximum absolute atomic E-state index is 11.5. The van der Waals surface area contributed by atoms with Crippen LogP contribution in [-0.2, 0) is 9.22 Å². The van der Waals surface area contributed by atoms with Crippen molar-refractivity contribution in [2.24, 2.45) is 5.92 Å². The molecule has 0 aromatic rings. The summed E-state index contributed by atoms with van der Waals surface area (Å²) < 4.78 is 6.67. The maximum Gasteiger partial charge on any atom is 0.227 e. The van der Waals surface area contributed by atoms with E-state index in [2.05, 4.69) is 51.8 Å². The number of amides is 1. The number of hydrogen-bond donors (Lipinski definition) is 2. The summed E-state index contributed by atoms with van der Waals surface area (Å²) in [6.07, 6.45) is 0.756. The number of rotatable bonds is 5. The van der Waals surface area contributed by atoms with Crippen LogP contribution in [0.4, 0.5) is 0 Å². The van der Waals surface area contributed by atoms with Crippen LogP contribution in [-0.4, -0.2) is 29.7 Å². The Hall–Kier alpha value is 0.437. The van der Waals surface area contributed by atoms with Gasteiger partial charge in [-0.05, 0) is 24.6 Å². The Balaban J connectivity index is 2.40. The van der Waals surface area contributed by atoms with E-state index in [0.717, 1.165) is 6.42 Å². The molecule has 0 aliphatic carbocycles. The molecule has 1 fully saturated rings. The van der Waals surface area contributed by atoms with Crippen LogP contribution in [0.2, 0.25) is 18.1 Å². The van der Waals surface area contributed by atoms with Crippen molar-refractivity contribution >= 4 is 54.4 Å². The maximum atomic E-state index is 11.5. The van der Waals surface area contributed by atoms with Crippen LogP contribution in [0.5, 0.6) is 0 Å². The summed E-state index contributed by atoms with van der Waals surface area (Å²) in [5, 5.41) is 3.12. The molecule has 1 heterocycles. The van der Waals surface area contributed by atoms with Gasteiger partial charge in [-0.15, -0.1) is 12.6 Å². The molecule has 2 atom stereocenters. The van der Waals surface area contributed by atoms with Gasteiger partial charge in [-0.1, -0.05) is 44.8 Å². The fourth-order valence-corrected chi connectivity index (χ4v) is 4.08. The second kappa shape index (κ2) is 6.47. The smallest absolute Gasteiger partial charge is 0.227 e. The molecule has 1 aliphatic heterocycles. The average Bonchev–Trinajstić information content (AvgIpc) is 2.21. The van der Waals surface area contributed by atoms with Crippen molar-refractivity contribution in [1.29, 1.82) is 0 Å². The number of thioether (sulfide) groups is 1. The second-order valence-corrected chi connectivity index (χ2v) is 14.0. The topological polar surface area (TPSA) is 38.3 Å². The van der Waals surface area contributed by atoms with Crippen LogP contribution in [0.1, 0.15) is 27.2 Å². The Bertz CT molecular complexity index is 368. The Kier molecular flexibility index (Phi) is 5.95. The monoisotopic (exact) mass is 337 g/mol. The summed E-state index contributed by atoms with van der Waals surface area (Å²) in [6.45, 7) is 11.7. The third kappa shape index (κ3) is 4.73. The van der Waals surface area contributed by atoms with Crippen LogP contribution in [0.15, 0.2) is 0 Å². The van der Waals surface area contributed by atoms with Gasteiger partial charge in [0.2, 0.25) is 5.91 Å². The lowest BCUT2D eigenvalue weighted by Gasteiger charge is -2.39. The molecule has 7 heteroatoms. The molecule has 0 spiro atoms. The van der Waals surface area contributed by atoms with Crippen molar-refractivity contribution in [3.05, 3.63) is 0 Å². The molecular formula is C12H23NO2S3Si. The fraction of sp³-hybridized carbons (Fsp3) is 0.833. The van der Waals surface area contributed by atoms with Crippen LogP contribution in [0.3, 0.4) is 0 Å². The first-order valence-corrected chi connectivity index (χ1v) is 11.0. The largest absolute Gasteiger partial charge is 0.417 e. The molecule has 0 bridgehead atoms. The Morgan fingerprint density at radius 1 is 1.53 bits per heavy atom. The first-order valence-electron chi connectivity index (χ1n) is 6.38. The summed E-state index contributed by atoms with van der Waals surface area (Å²) in [4.78, 5) is 11.5. The number of carbonyl (C=O) groups excluding carboxylic acids is 1. The lowest BCUT2D eigenvalue weighted by molar-refractivity contribution is -0.132. The minimum absolute atomic E-state index is 0.000122. The van der Waals surface area contributed by atoms with Crippen LogP contribution >= 0.6 is 36.6 Å². The van der Waals surface area contributed by atoms with Gasteiger partial charge in [0, 0.05) is 6.61 Å². The molecule has 0 unspecified atom stereocenters. The highest BCUT2D eigenvalue weighted by atomic mass is 32.2. The third-order valence-corrected chi connectivity index (χ3v) is 9.96. The molecule has 0 aromatic carbocycles. The SMILES string of the molecule is CC(C)(C)[Si](C)(C)OCC[C@H]1C(=O)N[C@@H]1SC(=S)S. The van der Waals surface area contributed by atoms with Crippen LogP contribution in [0, 0.1) is 5.92 Å². The van der Waals surface area contributed by atoms with Crippen molar-refractivity contribution in [2.75, 3.05) is 6.61 Å². The van der Waals surface area contributed by atoms with E-state index in [0.29, 0.717) is 10.1 Å². The van der Waals surface area contributed by atoms with E-state index in [1.54, 1.807) is 0 Å². The highest BCUT2D eigenvalue weighted by molar-refractivity contribution is 8.41. The van der Waals surface area contributed by atoms with Gasteiger partial charge in [-0.3, -0.25) is 4.79 Å². The lowest BCUT2D eigenvalue weighted by atomic mass is 9.98. The molecule has 1 rings (SSSR count). The van der Waals surface area contributed by atoms with Gasteiger partial charge in [0.15, 0.2) is 8.32 Å². The lowest BCUT2D eigenvalue weighted by Crippen LogP contribution is -2.57. The van der Waals surface area contributed by atoms with E-state index < -0.39 is 8.32 Å². The number of thiol groups is 1. The van der Waals surface area contributed by atoms with E-state index in [1.165, 1.54) is 11.8 Å². The molecule has 1 aliphatic rings. The molecule has 0 saturated carbocycles. The van der Waals surface area contributed by atoms with E-state index in [9.17, 15) is 4.79 Å². The number of carbonyl (C=O) groups is 1. The molecule has 1 N–H and O–H groups in total. The van der Waals surface area contributed by atoms with Gasteiger partial charge < -0.3 is 9.74 Å². The Morgan fingerprint density at radius 2 is 2.11 bits per heavy atom. The minimum Gasteiger partial charge on any atom is -0.417 e. The van der Waals surface area contributed by atoms with Gasteiger partial charge in [0.1, 0.15) is 3.53 Å². The highest BCUT2D eigenvalue weighted by Crippen LogP contribution is 2.37. The van der Waals surface area contributed by atoms with E-state index in [4.69, 9.17) is 16.6 Å². The predicted octanol–water partition coefficient (Wildman–Crippen LogP) is 3.42.